The molecule has 0 spiro atoms. The molecule has 8 atom stereocenters. The number of rotatable bonds is 13. The lowest BCUT2D eigenvalue weighted by atomic mass is 9.77. The maximum Gasteiger partial charge on any atom is 0.340 e. The summed E-state index contributed by atoms with van der Waals surface area (Å²) < 4.78 is 37.3. The summed E-state index contributed by atoms with van der Waals surface area (Å²) >= 11 is 12.0. The van der Waals surface area contributed by atoms with Crippen molar-refractivity contribution in [2.75, 3.05) is 24.7 Å². The van der Waals surface area contributed by atoms with Crippen LogP contribution in [0.4, 0.5) is 11.9 Å². The molecule has 8 aromatic rings. The topological polar surface area (TPSA) is 298 Å². The number of hydrogen-bond acceptors (Lipinski definition) is 19. The van der Waals surface area contributed by atoms with Gasteiger partial charge in [0.05, 0.1) is 64.0 Å². The molecule has 0 bridgehead atoms. The second-order valence-corrected chi connectivity index (χ2v) is 19.6. The Kier molecular flexibility index (Phi) is 19.9. The Morgan fingerprint density at radius 1 is 0.662 bits per heavy atom. The first-order chi connectivity index (χ1) is 38.5. The molecule has 0 aliphatic carbocycles. The highest BCUT2D eigenvalue weighted by Gasteiger charge is 2.58. The number of nitrogen functional groups attached to an aromatic ring is 2. The van der Waals surface area contributed by atoms with Crippen LogP contribution in [0.1, 0.15) is 102 Å². The van der Waals surface area contributed by atoms with Crippen molar-refractivity contribution in [1.29, 1.82) is 5.26 Å². The van der Waals surface area contributed by atoms with Gasteiger partial charge in [-0.15, -0.1) is 0 Å². The lowest BCUT2D eigenvalue weighted by molar-refractivity contribution is -0.148. The molecular weight excluding hydrogens is 1070 g/mol. The molecule has 4 aromatic heterocycles. The molecule has 416 valence electrons. The fourth-order valence-electron chi connectivity index (χ4n) is 9.04. The highest BCUT2D eigenvalue weighted by atomic mass is 35.5. The van der Waals surface area contributed by atoms with Crippen LogP contribution in [0.2, 0.25) is 10.3 Å². The number of carbonyl (C=O) groups is 4. The summed E-state index contributed by atoms with van der Waals surface area (Å²) in [5.74, 6) is -1.71. The maximum atomic E-state index is 13.1. The van der Waals surface area contributed by atoms with Crippen molar-refractivity contribution in [2.45, 2.75) is 85.2 Å². The molecule has 2 aliphatic heterocycles. The molecule has 2 unspecified atom stereocenters. The van der Waals surface area contributed by atoms with Gasteiger partial charge in [-0.2, -0.15) is 25.2 Å². The van der Waals surface area contributed by atoms with E-state index in [4.69, 9.17) is 68.4 Å². The lowest BCUT2D eigenvalue weighted by Crippen LogP contribution is -2.44. The number of nitriles is 1. The van der Waals surface area contributed by atoms with E-state index in [2.05, 4.69) is 34.9 Å². The van der Waals surface area contributed by atoms with Crippen molar-refractivity contribution in [1.82, 2.24) is 39.5 Å². The first-order valence-corrected chi connectivity index (χ1v) is 26.1. The second kappa shape index (κ2) is 26.9. The number of anilines is 2. The smallest absolute Gasteiger partial charge is 0.340 e. The Morgan fingerprint density at radius 2 is 1.12 bits per heavy atom. The number of nitrogens with one attached hydrogen (secondary N) is 1. The van der Waals surface area contributed by atoms with Gasteiger partial charge in [-0.05, 0) is 81.1 Å². The highest BCUT2D eigenvalue weighted by molar-refractivity contribution is 6.34. The van der Waals surface area contributed by atoms with Gasteiger partial charge in [0.25, 0.3) is 0 Å². The molecule has 6 heterocycles. The Balaban J connectivity index is 0.000000191. The van der Waals surface area contributed by atoms with Gasteiger partial charge in [0.15, 0.2) is 21.6 Å². The highest BCUT2D eigenvalue weighted by Crippen LogP contribution is 2.50. The number of halogens is 2. The first-order valence-electron chi connectivity index (χ1n) is 25.3. The largest absolute Gasteiger partial charge is 0.461 e. The van der Waals surface area contributed by atoms with Crippen LogP contribution in [0, 0.1) is 28.1 Å². The Labute approximate surface area is 470 Å². The summed E-state index contributed by atoms with van der Waals surface area (Å²) in [7, 11) is 0. The Hall–Kier alpha value is -8.55. The molecule has 0 amide bonds. The number of H-pyrrole nitrogens is 1. The maximum absolute atomic E-state index is 13.1. The predicted octanol–water partition coefficient (Wildman–Crippen LogP) is 10.1. The SMILES string of the molecule is CC#N.CC[C@H]1OC(OC(=O)c2ccccc2)[C@](C)(COC(=O)c2ccccc2)[C@@H]1C.CC[C@H]1O[C@@H](n2cnc3c(Cl)nc(N)nc32)[C@@](C)(COC(=O)c2ccccc2)C1OC(=O)c1ccccc1.Nc1nc(Cl)c2[nH]cnc2n1. The Morgan fingerprint density at radius 3 is 1.64 bits per heavy atom. The number of ether oxygens (including phenoxy) is 6. The average molecular weight is 1130 g/mol. The molecule has 2 fully saturated rings. The first kappa shape index (κ1) is 59.1. The van der Waals surface area contributed by atoms with E-state index in [1.165, 1.54) is 19.6 Å². The number of benzene rings is 4. The van der Waals surface area contributed by atoms with Crippen molar-refractivity contribution in [3.05, 3.63) is 167 Å². The van der Waals surface area contributed by atoms with Crippen LogP contribution in [-0.4, -0.2) is 101 Å². The van der Waals surface area contributed by atoms with E-state index in [0.29, 0.717) is 56.2 Å². The fraction of sp³-hybridized carbons (Fsp3) is 0.316. The van der Waals surface area contributed by atoms with E-state index < -0.39 is 59.4 Å². The minimum atomic E-state index is -1.05. The van der Waals surface area contributed by atoms with Crippen LogP contribution in [0.25, 0.3) is 22.3 Å². The van der Waals surface area contributed by atoms with Crippen molar-refractivity contribution in [2.24, 2.45) is 16.7 Å². The van der Waals surface area contributed by atoms with Gasteiger partial charge in [-0.1, -0.05) is 117 Å². The fourth-order valence-corrected chi connectivity index (χ4v) is 9.48. The zero-order chi connectivity index (χ0) is 57.6. The van der Waals surface area contributed by atoms with E-state index in [-0.39, 0.29) is 42.3 Å². The van der Waals surface area contributed by atoms with Crippen molar-refractivity contribution in [3.8, 4) is 6.07 Å². The molecule has 4 aromatic carbocycles. The lowest BCUT2D eigenvalue weighted by Gasteiger charge is -2.34. The number of aromatic nitrogens is 8. The normalized spacial score (nSPS) is 21.7. The average Bonchev–Trinajstić information content (AvgIpc) is 4.25. The zero-order valence-electron chi connectivity index (χ0n) is 44.6. The summed E-state index contributed by atoms with van der Waals surface area (Å²) in [4.78, 5) is 77.8. The van der Waals surface area contributed by atoms with Crippen LogP contribution in [0.5, 0.6) is 0 Å². The van der Waals surface area contributed by atoms with E-state index in [0.717, 1.165) is 6.42 Å². The number of aromatic amines is 1. The number of nitrogens with zero attached hydrogens (tertiary/aromatic N) is 8. The molecule has 0 saturated carbocycles. The summed E-state index contributed by atoms with van der Waals surface area (Å²) in [6, 6.07) is 36.7. The molecule has 0 radical (unpaired) electrons. The Bertz CT molecular complexity index is 3430. The van der Waals surface area contributed by atoms with Crippen molar-refractivity contribution < 1.29 is 47.6 Å². The van der Waals surface area contributed by atoms with Gasteiger partial charge in [0.1, 0.15) is 36.6 Å². The van der Waals surface area contributed by atoms with E-state index in [1.54, 1.807) is 108 Å². The van der Waals surface area contributed by atoms with Gasteiger partial charge >= 0.3 is 23.9 Å². The number of esters is 4. The van der Waals surface area contributed by atoms with Crippen LogP contribution >= 0.6 is 23.2 Å². The van der Waals surface area contributed by atoms with Crippen LogP contribution in [0.15, 0.2) is 134 Å². The second-order valence-electron chi connectivity index (χ2n) is 18.9. The quantitative estimate of drug-likeness (QED) is 0.0549. The van der Waals surface area contributed by atoms with Gasteiger partial charge in [0, 0.05) is 6.92 Å². The van der Waals surface area contributed by atoms with Crippen LogP contribution in [-0.2, 0) is 28.4 Å². The van der Waals surface area contributed by atoms with Crippen molar-refractivity contribution >= 4 is 81.3 Å². The van der Waals surface area contributed by atoms with Gasteiger partial charge < -0.3 is 44.9 Å². The summed E-state index contributed by atoms with van der Waals surface area (Å²) in [5, 5.41) is 7.71. The van der Waals surface area contributed by atoms with E-state index in [9.17, 15) is 19.2 Å². The van der Waals surface area contributed by atoms with Crippen molar-refractivity contribution in [3.63, 3.8) is 0 Å². The molecule has 10 rings (SSSR count). The third kappa shape index (κ3) is 13.6. The molecule has 21 nitrogen and oxygen atoms in total. The molecule has 5 N–H and O–H groups in total. The van der Waals surface area contributed by atoms with E-state index >= 15 is 0 Å². The number of fused-ring (bicyclic) bond motifs is 2. The molecular formula is C57H59Cl2N11O10. The van der Waals surface area contributed by atoms with Crippen LogP contribution in [0.3, 0.4) is 0 Å². The zero-order valence-corrected chi connectivity index (χ0v) is 46.1. The monoisotopic (exact) mass is 1130 g/mol. The third-order valence-electron chi connectivity index (χ3n) is 13.5. The van der Waals surface area contributed by atoms with Gasteiger partial charge in [-0.25, -0.2) is 29.1 Å². The molecule has 2 saturated heterocycles. The van der Waals surface area contributed by atoms with Gasteiger partial charge in [0.2, 0.25) is 18.2 Å². The number of hydrogen-bond donors (Lipinski definition) is 3. The summed E-state index contributed by atoms with van der Waals surface area (Å²) in [6.07, 6.45) is 1.36. The summed E-state index contributed by atoms with van der Waals surface area (Å²) in [6.45, 7) is 11.2. The number of carbonyl (C=O) groups excluding carboxylic acids is 4. The van der Waals surface area contributed by atoms with Crippen LogP contribution < -0.4 is 11.5 Å². The molecule has 2 aliphatic rings. The van der Waals surface area contributed by atoms with Gasteiger partial charge in [-0.3, -0.25) is 4.57 Å². The minimum absolute atomic E-state index is 0.0291. The third-order valence-corrected chi connectivity index (χ3v) is 14.1. The number of nitrogens with two attached hydrogens (primary N) is 2. The standard InChI is InChI=1S/C27H26ClN5O5.C23H26O5.C5H4ClN5.C2H3N/c1-3-18-20(38-24(35)17-12-8-5-9-13-17)27(2,14-36-23(34)16-10-6-4-7-11-16)25(37-18)33-15-30-19-21(28)31-26(29)32-22(19)33;1-4-19-16(2)23(3,15-26-20(24)17-11-7-5-8-12-17)22(27-19)28-21(25)18-13-9-6-10-14-18;6-3-2-4(9-1-8-2)11-5(7)10-3;1-2-3/h4-13,15,18,20,25H,3,14H2,1-2H3,(H2,29,31,32);5-14,16,19,22H,4,15H2,1-3H3;1H,(H3,7,8,9,10,11);1H3/t18-,20?,25-,27+;16-,19-,22?,23-;;/m11../s1. The van der Waals surface area contributed by atoms with E-state index in [1.807, 2.05) is 58.9 Å². The minimum Gasteiger partial charge on any atom is -0.461 e. The predicted molar refractivity (Wildman–Crippen MR) is 297 cm³/mol. The summed E-state index contributed by atoms with van der Waals surface area (Å²) in [5.41, 5.74) is 13.0. The molecule has 80 heavy (non-hydrogen) atoms. The molecule has 23 heteroatoms. The number of imidazole rings is 2.